The molecule has 3 aromatic heterocycles. The molecule has 4 aromatic rings. The molecule has 0 aliphatic heterocycles. The van der Waals surface area contributed by atoms with Crippen molar-refractivity contribution in [1.82, 2.24) is 24.8 Å². The molecule has 4 rings (SSSR count). The van der Waals surface area contributed by atoms with Gasteiger partial charge in [0.2, 0.25) is 11.1 Å². The SMILES string of the molecule is O=C(CSc1nnc2ccc(-c3ccncc3)nn12)Nc1cccc(Cl)c1. The molecule has 0 radical (unpaired) electrons. The molecule has 1 aromatic carbocycles. The molecule has 0 saturated carbocycles. The molecule has 27 heavy (non-hydrogen) atoms. The molecule has 0 fully saturated rings. The number of carbonyl (C=O) groups is 1. The average Bonchev–Trinajstić information content (AvgIpc) is 3.09. The Morgan fingerprint density at radius 2 is 1.96 bits per heavy atom. The minimum atomic E-state index is -0.163. The fraction of sp³-hybridized carbons (Fsp3) is 0.0556. The fourth-order valence-corrected chi connectivity index (χ4v) is 3.31. The van der Waals surface area contributed by atoms with Gasteiger partial charge in [-0.2, -0.15) is 9.61 Å². The third kappa shape index (κ3) is 4.07. The summed E-state index contributed by atoms with van der Waals surface area (Å²) in [5, 5.41) is 16.7. The van der Waals surface area contributed by atoms with E-state index >= 15 is 0 Å². The monoisotopic (exact) mass is 396 g/mol. The van der Waals surface area contributed by atoms with Crippen molar-refractivity contribution in [1.29, 1.82) is 0 Å². The third-order valence-electron chi connectivity index (χ3n) is 3.65. The topological polar surface area (TPSA) is 85.1 Å². The van der Waals surface area contributed by atoms with Crippen molar-refractivity contribution >= 4 is 40.6 Å². The minimum Gasteiger partial charge on any atom is -0.325 e. The second-order valence-electron chi connectivity index (χ2n) is 5.55. The van der Waals surface area contributed by atoms with Gasteiger partial charge in [0.15, 0.2) is 5.65 Å². The molecule has 3 heterocycles. The summed E-state index contributed by atoms with van der Waals surface area (Å²) < 4.78 is 1.63. The first kappa shape index (κ1) is 17.4. The zero-order valence-corrected chi connectivity index (χ0v) is 15.5. The van der Waals surface area contributed by atoms with E-state index < -0.39 is 0 Å². The molecule has 1 amide bonds. The molecular weight excluding hydrogens is 384 g/mol. The number of hydrogen-bond donors (Lipinski definition) is 1. The lowest BCUT2D eigenvalue weighted by molar-refractivity contribution is -0.113. The van der Waals surface area contributed by atoms with Crippen molar-refractivity contribution in [2.45, 2.75) is 5.16 Å². The number of nitrogens with one attached hydrogen (secondary N) is 1. The van der Waals surface area contributed by atoms with Gasteiger partial charge in [0.25, 0.3) is 0 Å². The summed E-state index contributed by atoms with van der Waals surface area (Å²) in [5.74, 6) is 0.0124. The van der Waals surface area contributed by atoms with Crippen LogP contribution in [0.4, 0.5) is 5.69 Å². The molecule has 0 atom stereocenters. The van der Waals surface area contributed by atoms with Crippen molar-refractivity contribution in [2.75, 3.05) is 11.1 Å². The number of hydrogen-bond acceptors (Lipinski definition) is 6. The Labute approximate surface area is 163 Å². The number of fused-ring (bicyclic) bond motifs is 1. The standard InChI is InChI=1S/C18H13ClN6OS/c19-13-2-1-3-14(10-13)21-17(26)11-27-18-23-22-16-5-4-15(24-25(16)18)12-6-8-20-9-7-12/h1-10H,11H2,(H,21,26). The van der Waals surface area contributed by atoms with Gasteiger partial charge in [-0.15, -0.1) is 10.2 Å². The van der Waals surface area contributed by atoms with Crippen molar-refractivity contribution < 1.29 is 4.79 Å². The molecule has 134 valence electrons. The maximum absolute atomic E-state index is 12.2. The number of anilines is 1. The van der Waals surface area contributed by atoms with Gasteiger partial charge in [0.05, 0.1) is 11.4 Å². The maximum Gasteiger partial charge on any atom is 0.234 e. The Hall–Kier alpha value is -2.97. The van der Waals surface area contributed by atoms with Gasteiger partial charge < -0.3 is 5.32 Å². The van der Waals surface area contributed by atoms with E-state index in [1.165, 1.54) is 11.8 Å². The molecule has 0 saturated heterocycles. The van der Waals surface area contributed by atoms with E-state index in [2.05, 4.69) is 25.6 Å². The second kappa shape index (κ2) is 7.73. The molecule has 9 heteroatoms. The molecular formula is C18H13ClN6OS. The number of aromatic nitrogens is 5. The van der Waals surface area contributed by atoms with Gasteiger partial charge in [0.1, 0.15) is 0 Å². The lowest BCUT2D eigenvalue weighted by Crippen LogP contribution is -2.14. The van der Waals surface area contributed by atoms with Gasteiger partial charge in [-0.1, -0.05) is 29.4 Å². The predicted octanol–water partition coefficient (Wildman–Crippen LogP) is 3.57. The van der Waals surface area contributed by atoms with E-state index in [1.807, 2.05) is 24.3 Å². The number of nitrogens with zero attached hydrogens (tertiary/aromatic N) is 5. The quantitative estimate of drug-likeness (QED) is 0.519. The summed E-state index contributed by atoms with van der Waals surface area (Å²) in [6.45, 7) is 0. The Bertz CT molecular complexity index is 1100. The Morgan fingerprint density at radius 3 is 2.78 bits per heavy atom. The van der Waals surface area contributed by atoms with Crippen LogP contribution >= 0.6 is 23.4 Å². The first-order valence-electron chi connectivity index (χ1n) is 8.00. The molecule has 1 N–H and O–H groups in total. The van der Waals surface area contributed by atoms with E-state index in [9.17, 15) is 4.79 Å². The molecule has 0 aliphatic carbocycles. The minimum absolute atomic E-state index is 0.163. The zero-order valence-electron chi connectivity index (χ0n) is 13.9. The number of benzene rings is 1. The highest BCUT2D eigenvalue weighted by Crippen LogP contribution is 2.21. The molecule has 7 nitrogen and oxygen atoms in total. The van der Waals surface area contributed by atoms with Gasteiger partial charge in [-0.3, -0.25) is 9.78 Å². The summed E-state index contributed by atoms with van der Waals surface area (Å²) in [7, 11) is 0. The summed E-state index contributed by atoms with van der Waals surface area (Å²) in [6.07, 6.45) is 3.42. The van der Waals surface area contributed by atoms with Crippen LogP contribution in [0.1, 0.15) is 0 Å². The molecule has 0 bridgehead atoms. The van der Waals surface area contributed by atoms with Crippen LogP contribution in [0.3, 0.4) is 0 Å². The van der Waals surface area contributed by atoms with E-state index in [0.29, 0.717) is 21.5 Å². The number of rotatable bonds is 5. The normalized spacial score (nSPS) is 10.9. The highest BCUT2D eigenvalue weighted by atomic mass is 35.5. The van der Waals surface area contributed by atoms with Crippen molar-refractivity contribution in [3.63, 3.8) is 0 Å². The molecule has 0 aliphatic rings. The van der Waals surface area contributed by atoms with Crippen molar-refractivity contribution in [3.05, 3.63) is 65.9 Å². The summed E-state index contributed by atoms with van der Waals surface area (Å²) in [4.78, 5) is 16.2. The highest BCUT2D eigenvalue weighted by molar-refractivity contribution is 7.99. The lowest BCUT2D eigenvalue weighted by atomic mass is 10.2. The maximum atomic E-state index is 12.2. The lowest BCUT2D eigenvalue weighted by Gasteiger charge is -2.05. The van der Waals surface area contributed by atoms with Crippen LogP contribution in [0, 0.1) is 0 Å². The number of pyridine rings is 1. The van der Waals surface area contributed by atoms with Crippen LogP contribution in [-0.2, 0) is 4.79 Å². The first-order chi connectivity index (χ1) is 13.2. The summed E-state index contributed by atoms with van der Waals surface area (Å²) in [5.41, 5.74) is 2.98. The van der Waals surface area contributed by atoms with Crippen LogP contribution in [0.25, 0.3) is 16.9 Å². The fourth-order valence-electron chi connectivity index (χ4n) is 2.43. The highest BCUT2D eigenvalue weighted by Gasteiger charge is 2.12. The first-order valence-corrected chi connectivity index (χ1v) is 9.36. The second-order valence-corrected chi connectivity index (χ2v) is 6.93. The van der Waals surface area contributed by atoms with Gasteiger partial charge in [-0.05, 0) is 42.5 Å². The summed E-state index contributed by atoms with van der Waals surface area (Å²) in [6, 6.07) is 14.5. The van der Waals surface area contributed by atoms with Crippen LogP contribution in [0.15, 0.2) is 66.1 Å². The summed E-state index contributed by atoms with van der Waals surface area (Å²) >= 11 is 7.19. The van der Waals surface area contributed by atoms with E-state index in [4.69, 9.17) is 11.6 Å². The Morgan fingerprint density at radius 1 is 1.11 bits per heavy atom. The largest absolute Gasteiger partial charge is 0.325 e. The smallest absolute Gasteiger partial charge is 0.234 e. The number of carbonyl (C=O) groups excluding carboxylic acids is 1. The van der Waals surface area contributed by atoms with Gasteiger partial charge in [-0.25, -0.2) is 0 Å². The zero-order chi connectivity index (χ0) is 18.6. The third-order valence-corrected chi connectivity index (χ3v) is 4.81. The number of halogens is 1. The van der Waals surface area contributed by atoms with Crippen LogP contribution in [0.2, 0.25) is 5.02 Å². The van der Waals surface area contributed by atoms with Crippen molar-refractivity contribution in [2.24, 2.45) is 0 Å². The van der Waals surface area contributed by atoms with Crippen LogP contribution in [-0.4, -0.2) is 36.5 Å². The predicted molar refractivity (Wildman–Crippen MR) is 105 cm³/mol. The van der Waals surface area contributed by atoms with E-state index in [0.717, 1.165) is 11.3 Å². The number of thioether (sulfide) groups is 1. The van der Waals surface area contributed by atoms with Crippen LogP contribution < -0.4 is 5.32 Å². The Kier molecular flexibility index (Phi) is 4.99. The molecule has 0 spiro atoms. The van der Waals surface area contributed by atoms with Gasteiger partial charge >= 0.3 is 0 Å². The van der Waals surface area contributed by atoms with E-state index in [1.54, 1.807) is 41.2 Å². The molecule has 0 unspecified atom stereocenters. The Balaban J connectivity index is 1.49. The van der Waals surface area contributed by atoms with Crippen LogP contribution in [0.5, 0.6) is 0 Å². The van der Waals surface area contributed by atoms with Gasteiger partial charge in [0, 0.05) is 28.7 Å². The number of amides is 1. The van der Waals surface area contributed by atoms with Crippen molar-refractivity contribution in [3.8, 4) is 11.3 Å². The average molecular weight is 397 g/mol. The van der Waals surface area contributed by atoms with E-state index in [-0.39, 0.29) is 11.7 Å².